The van der Waals surface area contributed by atoms with Crippen LogP contribution in [0.4, 0.5) is 5.13 Å². The highest BCUT2D eigenvalue weighted by Crippen LogP contribution is 2.22. The van der Waals surface area contributed by atoms with Gasteiger partial charge in [0.05, 0.1) is 24.9 Å². The van der Waals surface area contributed by atoms with Crippen LogP contribution in [0.25, 0.3) is 0 Å². The predicted octanol–water partition coefficient (Wildman–Crippen LogP) is 1.62. The van der Waals surface area contributed by atoms with Crippen molar-refractivity contribution in [2.45, 2.75) is 26.5 Å². The zero-order valence-electron chi connectivity index (χ0n) is 11.4. The monoisotopic (exact) mass is 280 g/mol. The number of nitrogens with zero attached hydrogens (tertiary/aromatic N) is 3. The number of ether oxygens (including phenoxy) is 1. The Bertz CT molecular complexity index is 440. The summed E-state index contributed by atoms with van der Waals surface area (Å²) in [7, 11) is 0. The Morgan fingerprint density at radius 1 is 1.68 bits per heavy atom. The number of nitriles is 1. The normalized spacial score (nSPS) is 19.7. The Hall–Kier alpha value is -1.16. The minimum absolute atomic E-state index is 0.333. The van der Waals surface area contributed by atoms with Gasteiger partial charge in [-0.15, -0.1) is 11.3 Å². The highest BCUT2D eigenvalue weighted by molar-refractivity contribution is 7.13. The van der Waals surface area contributed by atoms with Crippen LogP contribution < -0.4 is 10.2 Å². The van der Waals surface area contributed by atoms with Crippen LogP contribution in [-0.4, -0.2) is 37.3 Å². The third kappa shape index (κ3) is 4.16. The van der Waals surface area contributed by atoms with Gasteiger partial charge < -0.3 is 15.0 Å². The largest absolute Gasteiger partial charge is 0.360 e. The molecule has 0 aliphatic carbocycles. The van der Waals surface area contributed by atoms with Gasteiger partial charge in [0, 0.05) is 18.5 Å². The van der Waals surface area contributed by atoms with E-state index in [1.807, 2.05) is 0 Å². The number of aromatic nitrogens is 1. The van der Waals surface area contributed by atoms with E-state index in [9.17, 15) is 0 Å². The summed E-state index contributed by atoms with van der Waals surface area (Å²) in [6.07, 6.45) is -0.333. The van der Waals surface area contributed by atoms with Crippen molar-refractivity contribution in [1.29, 1.82) is 5.26 Å². The number of anilines is 1. The molecule has 1 aliphatic rings. The van der Waals surface area contributed by atoms with Gasteiger partial charge in [-0.25, -0.2) is 4.98 Å². The van der Waals surface area contributed by atoms with Crippen molar-refractivity contribution in [3.8, 4) is 6.07 Å². The molecule has 6 heteroatoms. The first-order valence-electron chi connectivity index (χ1n) is 6.60. The quantitative estimate of drug-likeness (QED) is 0.888. The number of nitrogens with one attached hydrogen (secondary N) is 1. The smallest absolute Gasteiger partial charge is 0.185 e. The van der Waals surface area contributed by atoms with Gasteiger partial charge in [-0.3, -0.25) is 0 Å². The molecule has 1 aromatic rings. The molecule has 1 atom stereocenters. The molecule has 1 saturated heterocycles. The Kier molecular flexibility index (Phi) is 5.14. The second kappa shape index (κ2) is 6.85. The fraction of sp³-hybridized carbons (Fsp3) is 0.692. The highest BCUT2D eigenvalue weighted by Gasteiger charge is 2.22. The van der Waals surface area contributed by atoms with Crippen LogP contribution >= 0.6 is 11.3 Å². The van der Waals surface area contributed by atoms with Crippen molar-refractivity contribution in [3.63, 3.8) is 0 Å². The van der Waals surface area contributed by atoms with E-state index >= 15 is 0 Å². The van der Waals surface area contributed by atoms with Crippen molar-refractivity contribution in [2.24, 2.45) is 5.92 Å². The Morgan fingerprint density at radius 3 is 3.26 bits per heavy atom. The molecular formula is C13H20N4OS. The lowest BCUT2D eigenvalue weighted by Crippen LogP contribution is -2.41. The Balaban J connectivity index is 1.88. The molecule has 0 saturated carbocycles. The standard InChI is InChI=1S/C13H20N4OS/c1-10(2)6-15-7-11-9-19-13(16-11)17-3-4-18-12(5-14)8-17/h9-10,12,15H,3-4,6-8H2,1-2H3. The summed E-state index contributed by atoms with van der Waals surface area (Å²) < 4.78 is 5.34. The van der Waals surface area contributed by atoms with Crippen molar-refractivity contribution >= 4 is 16.5 Å². The third-order valence-electron chi connectivity index (χ3n) is 2.88. The molecular weight excluding hydrogens is 260 g/mol. The summed E-state index contributed by atoms with van der Waals surface area (Å²) >= 11 is 1.64. The van der Waals surface area contributed by atoms with Gasteiger partial charge in [0.15, 0.2) is 11.2 Å². The molecule has 1 aromatic heterocycles. The zero-order valence-corrected chi connectivity index (χ0v) is 12.2. The SMILES string of the molecule is CC(C)CNCc1csc(N2CCOC(C#N)C2)n1. The molecule has 1 unspecified atom stereocenters. The molecule has 1 fully saturated rings. The minimum Gasteiger partial charge on any atom is -0.360 e. The van der Waals surface area contributed by atoms with Crippen LogP contribution in [0, 0.1) is 17.2 Å². The predicted molar refractivity (Wildman–Crippen MR) is 76.2 cm³/mol. The molecule has 104 valence electrons. The second-order valence-corrected chi connectivity index (χ2v) is 5.92. The molecule has 1 aliphatic heterocycles. The van der Waals surface area contributed by atoms with E-state index in [2.05, 4.69) is 40.5 Å². The maximum absolute atomic E-state index is 8.90. The second-order valence-electron chi connectivity index (χ2n) is 5.08. The lowest BCUT2D eigenvalue weighted by molar-refractivity contribution is 0.0764. The van der Waals surface area contributed by atoms with Gasteiger partial charge in [-0.1, -0.05) is 13.8 Å². The van der Waals surface area contributed by atoms with E-state index < -0.39 is 0 Å². The molecule has 1 N–H and O–H groups in total. The summed E-state index contributed by atoms with van der Waals surface area (Å²) in [6, 6.07) is 2.16. The van der Waals surface area contributed by atoms with Gasteiger partial charge in [-0.05, 0) is 12.5 Å². The van der Waals surface area contributed by atoms with Crippen molar-refractivity contribution in [3.05, 3.63) is 11.1 Å². The minimum atomic E-state index is -0.333. The number of thiazole rings is 1. The molecule has 0 amide bonds. The first-order valence-corrected chi connectivity index (χ1v) is 7.48. The van der Waals surface area contributed by atoms with Crippen molar-refractivity contribution in [2.75, 3.05) is 31.1 Å². The van der Waals surface area contributed by atoms with E-state index in [1.54, 1.807) is 11.3 Å². The van der Waals surface area contributed by atoms with Crippen LogP contribution in [0.2, 0.25) is 0 Å². The molecule has 0 radical (unpaired) electrons. The van der Waals surface area contributed by atoms with Crippen molar-refractivity contribution in [1.82, 2.24) is 10.3 Å². The first kappa shape index (κ1) is 14.3. The molecule has 5 nitrogen and oxygen atoms in total. The van der Waals surface area contributed by atoms with Crippen LogP contribution in [0.5, 0.6) is 0 Å². The average molecular weight is 280 g/mol. The lowest BCUT2D eigenvalue weighted by Gasteiger charge is -2.29. The van der Waals surface area contributed by atoms with E-state index in [4.69, 9.17) is 10.00 Å². The molecule has 0 aromatic carbocycles. The maximum atomic E-state index is 8.90. The number of hydrogen-bond acceptors (Lipinski definition) is 6. The fourth-order valence-corrected chi connectivity index (χ4v) is 2.78. The first-order chi connectivity index (χ1) is 9.19. The van der Waals surface area contributed by atoms with Crippen LogP contribution in [0.3, 0.4) is 0 Å². The summed E-state index contributed by atoms with van der Waals surface area (Å²) in [5.41, 5.74) is 1.07. The van der Waals surface area contributed by atoms with E-state index in [0.29, 0.717) is 19.1 Å². The topological polar surface area (TPSA) is 61.2 Å². The number of rotatable bonds is 5. The maximum Gasteiger partial charge on any atom is 0.185 e. The molecule has 19 heavy (non-hydrogen) atoms. The average Bonchev–Trinajstić information content (AvgIpc) is 2.87. The fourth-order valence-electron chi connectivity index (χ4n) is 1.91. The highest BCUT2D eigenvalue weighted by atomic mass is 32.1. The van der Waals surface area contributed by atoms with Gasteiger partial charge >= 0.3 is 0 Å². The van der Waals surface area contributed by atoms with Crippen LogP contribution in [0.15, 0.2) is 5.38 Å². The van der Waals surface area contributed by atoms with Gasteiger partial charge in [-0.2, -0.15) is 5.26 Å². The summed E-state index contributed by atoms with van der Waals surface area (Å²) in [5, 5.41) is 15.4. The summed E-state index contributed by atoms with van der Waals surface area (Å²) in [5.74, 6) is 0.647. The summed E-state index contributed by atoms with van der Waals surface area (Å²) in [4.78, 5) is 6.75. The van der Waals surface area contributed by atoms with Gasteiger partial charge in [0.25, 0.3) is 0 Å². The lowest BCUT2D eigenvalue weighted by atomic mass is 10.2. The molecule has 2 heterocycles. The van der Waals surface area contributed by atoms with Crippen molar-refractivity contribution < 1.29 is 4.74 Å². The van der Waals surface area contributed by atoms with Crippen LogP contribution in [-0.2, 0) is 11.3 Å². The molecule has 2 rings (SSSR count). The van der Waals surface area contributed by atoms with Gasteiger partial charge in [0.1, 0.15) is 0 Å². The molecule has 0 spiro atoms. The van der Waals surface area contributed by atoms with E-state index in [1.165, 1.54) is 0 Å². The Labute approximate surface area is 118 Å². The van der Waals surface area contributed by atoms with E-state index in [-0.39, 0.29) is 6.10 Å². The number of hydrogen-bond donors (Lipinski definition) is 1. The zero-order chi connectivity index (χ0) is 13.7. The van der Waals surface area contributed by atoms with Crippen LogP contribution in [0.1, 0.15) is 19.5 Å². The van der Waals surface area contributed by atoms with Gasteiger partial charge in [0.2, 0.25) is 0 Å². The summed E-state index contributed by atoms with van der Waals surface area (Å²) in [6.45, 7) is 8.21. The Morgan fingerprint density at radius 2 is 2.53 bits per heavy atom. The molecule has 0 bridgehead atoms. The van der Waals surface area contributed by atoms with E-state index in [0.717, 1.165) is 30.5 Å². The third-order valence-corrected chi connectivity index (χ3v) is 3.83. The number of morpholine rings is 1.